The molecule has 0 aliphatic heterocycles. The lowest BCUT2D eigenvalue weighted by molar-refractivity contribution is 0.0933. The normalized spacial score (nSPS) is 15.1. The van der Waals surface area contributed by atoms with Crippen molar-refractivity contribution < 1.29 is 13.9 Å². The molecule has 21 heavy (non-hydrogen) atoms. The van der Waals surface area contributed by atoms with Gasteiger partial charge >= 0.3 is 0 Å². The number of carbonyl (C=O) groups excluding carboxylic acids is 1. The second-order valence-corrected chi connectivity index (χ2v) is 5.22. The summed E-state index contributed by atoms with van der Waals surface area (Å²) in [5.41, 5.74) is 1.11. The van der Waals surface area contributed by atoms with Gasteiger partial charge in [-0.15, -0.1) is 0 Å². The van der Waals surface area contributed by atoms with Crippen molar-refractivity contribution in [2.24, 2.45) is 0 Å². The van der Waals surface area contributed by atoms with Crippen molar-refractivity contribution in [3.05, 3.63) is 36.4 Å². The van der Waals surface area contributed by atoms with E-state index in [0.29, 0.717) is 17.2 Å². The summed E-state index contributed by atoms with van der Waals surface area (Å²) in [6, 6.07) is 7.66. The Bertz CT molecular complexity index is 630. The zero-order chi connectivity index (χ0) is 14.7. The van der Waals surface area contributed by atoms with Crippen molar-refractivity contribution in [1.29, 1.82) is 0 Å². The van der Waals surface area contributed by atoms with Gasteiger partial charge in [0.05, 0.1) is 7.11 Å². The molecular formula is C16H18N2O3. The molecule has 1 heterocycles. The summed E-state index contributed by atoms with van der Waals surface area (Å²) in [6.07, 6.45) is 5.73. The number of hydrogen-bond acceptors (Lipinski definition) is 4. The van der Waals surface area contributed by atoms with Crippen LogP contribution in [0.2, 0.25) is 0 Å². The number of methoxy groups -OCH3 is 1. The van der Waals surface area contributed by atoms with E-state index in [-0.39, 0.29) is 11.9 Å². The molecule has 3 rings (SSSR count). The minimum Gasteiger partial charge on any atom is -0.497 e. The molecule has 1 amide bonds. The molecule has 0 radical (unpaired) electrons. The molecule has 0 spiro atoms. The van der Waals surface area contributed by atoms with Gasteiger partial charge in [0.1, 0.15) is 5.75 Å². The second kappa shape index (κ2) is 5.99. The second-order valence-electron chi connectivity index (χ2n) is 5.22. The predicted octanol–water partition coefficient (Wildman–Crippen LogP) is 3.02. The predicted molar refractivity (Wildman–Crippen MR) is 78.2 cm³/mol. The van der Waals surface area contributed by atoms with Crippen molar-refractivity contribution in [3.8, 4) is 17.1 Å². The van der Waals surface area contributed by atoms with Gasteiger partial charge < -0.3 is 14.5 Å². The standard InChI is InChI=1S/C16H18N2O3/c1-20-13-8-4-5-11(9-13)15-14(17-10-21-15)16(19)18-12-6-2-3-7-12/h4-5,8-10,12H,2-3,6-7H2,1H3,(H,18,19). The molecule has 110 valence electrons. The third kappa shape index (κ3) is 2.91. The Kier molecular flexibility index (Phi) is 3.90. The van der Waals surface area contributed by atoms with Crippen LogP contribution in [-0.2, 0) is 0 Å². The van der Waals surface area contributed by atoms with Gasteiger partial charge in [0, 0.05) is 11.6 Å². The van der Waals surface area contributed by atoms with Gasteiger partial charge in [-0.25, -0.2) is 4.98 Å². The number of nitrogens with one attached hydrogen (secondary N) is 1. The molecule has 1 aliphatic rings. The van der Waals surface area contributed by atoms with Gasteiger partial charge in [-0.1, -0.05) is 25.0 Å². The first kappa shape index (κ1) is 13.7. The first-order chi connectivity index (χ1) is 10.3. The zero-order valence-corrected chi connectivity index (χ0v) is 12.0. The van der Waals surface area contributed by atoms with Crippen LogP contribution in [0.1, 0.15) is 36.2 Å². The summed E-state index contributed by atoms with van der Waals surface area (Å²) in [6.45, 7) is 0. The van der Waals surface area contributed by atoms with E-state index in [9.17, 15) is 4.79 Å². The van der Waals surface area contributed by atoms with Crippen LogP contribution in [0.15, 0.2) is 35.1 Å². The molecule has 1 aromatic heterocycles. The maximum atomic E-state index is 12.3. The summed E-state index contributed by atoms with van der Waals surface area (Å²) in [4.78, 5) is 16.4. The van der Waals surface area contributed by atoms with E-state index >= 15 is 0 Å². The highest BCUT2D eigenvalue weighted by molar-refractivity contribution is 5.97. The average Bonchev–Trinajstić information content (AvgIpc) is 3.18. The van der Waals surface area contributed by atoms with Crippen LogP contribution in [-0.4, -0.2) is 24.0 Å². The highest BCUT2D eigenvalue weighted by atomic mass is 16.5. The molecule has 0 atom stereocenters. The first-order valence-electron chi connectivity index (χ1n) is 7.16. The Morgan fingerprint density at radius 1 is 1.38 bits per heavy atom. The number of rotatable bonds is 4. The molecule has 1 aromatic carbocycles. The SMILES string of the molecule is COc1cccc(-c2ocnc2C(=O)NC2CCCC2)c1. The molecule has 0 unspecified atom stereocenters. The molecule has 1 aliphatic carbocycles. The maximum Gasteiger partial charge on any atom is 0.274 e. The fraction of sp³-hybridized carbons (Fsp3) is 0.375. The number of oxazole rings is 1. The summed E-state index contributed by atoms with van der Waals surface area (Å²) >= 11 is 0. The van der Waals surface area contributed by atoms with Crippen molar-refractivity contribution >= 4 is 5.91 Å². The van der Waals surface area contributed by atoms with Crippen LogP contribution in [0.5, 0.6) is 5.75 Å². The largest absolute Gasteiger partial charge is 0.497 e. The van der Waals surface area contributed by atoms with E-state index in [0.717, 1.165) is 18.4 Å². The Hall–Kier alpha value is -2.30. The molecule has 0 saturated heterocycles. The van der Waals surface area contributed by atoms with Crippen LogP contribution in [0, 0.1) is 0 Å². The minimum atomic E-state index is -0.173. The lowest BCUT2D eigenvalue weighted by Crippen LogP contribution is -2.33. The van der Waals surface area contributed by atoms with E-state index in [1.165, 1.54) is 19.2 Å². The van der Waals surface area contributed by atoms with Gasteiger partial charge in [0.2, 0.25) is 0 Å². The number of carbonyl (C=O) groups is 1. The monoisotopic (exact) mass is 286 g/mol. The maximum absolute atomic E-state index is 12.3. The number of hydrogen-bond donors (Lipinski definition) is 1. The minimum absolute atomic E-state index is 0.173. The van der Waals surface area contributed by atoms with E-state index < -0.39 is 0 Å². The Morgan fingerprint density at radius 2 is 2.19 bits per heavy atom. The zero-order valence-electron chi connectivity index (χ0n) is 12.0. The number of nitrogens with zero attached hydrogens (tertiary/aromatic N) is 1. The van der Waals surface area contributed by atoms with Gasteiger partial charge in [-0.05, 0) is 25.0 Å². The quantitative estimate of drug-likeness (QED) is 0.938. The van der Waals surface area contributed by atoms with Crippen molar-refractivity contribution in [1.82, 2.24) is 10.3 Å². The molecule has 5 nitrogen and oxygen atoms in total. The topological polar surface area (TPSA) is 64.4 Å². The lowest BCUT2D eigenvalue weighted by atomic mass is 10.1. The van der Waals surface area contributed by atoms with E-state index in [1.807, 2.05) is 24.3 Å². The highest BCUT2D eigenvalue weighted by Crippen LogP contribution is 2.27. The highest BCUT2D eigenvalue weighted by Gasteiger charge is 2.23. The number of ether oxygens (including phenoxy) is 1. The molecule has 0 bridgehead atoms. The van der Waals surface area contributed by atoms with Gasteiger partial charge in [0.25, 0.3) is 5.91 Å². The number of benzene rings is 1. The van der Waals surface area contributed by atoms with Crippen LogP contribution in [0.3, 0.4) is 0 Å². The Morgan fingerprint density at radius 3 is 2.95 bits per heavy atom. The first-order valence-corrected chi connectivity index (χ1v) is 7.16. The lowest BCUT2D eigenvalue weighted by Gasteiger charge is -2.11. The number of amides is 1. The van der Waals surface area contributed by atoms with Crippen molar-refractivity contribution in [3.63, 3.8) is 0 Å². The smallest absolute Gasteiger partial charge is 0.274 e. The molecule has 1 N–H and O–H groups in total. The van der Waals surface area contributed by atoms with E-state index in [2.05, 4.69) is 10.3 Å². The van der Waals surface area contributed by atoms with Crippen LogP contribution in [0.25, 0.3) is 11.3 Å². The summed E-state index contributed by atoms with van der Waals surface area (Å²) in [5.74, 6) is 1.02. The van der Waals surface area contributed by atoms with E-state index in [1.54, 1.807) is 7.11 Å². The van der Waals surface area contributed by atoms with Gasteiger partial charge in [0.15, 0.2) is 17.8 Å². The third-order valence-electron chi connectivity index (χ3n) is 3.80. The Labute approximate surface area is 123 Å². The molecule has 1 fully saturated rings. The fourth-order valence-corrected chi connectivity index (χ4v) is 2.70. The molecular weight excluding hydrogens is 268 g/mol. The van der Waals surface area contributed by atoms with Crippen LogP contribution < -0.4 is 10.1 Å². The van der Waals surface area contributed by atoms with Gasteiger partial charge in [-0.2, -0.15) is 0 Å². The molecule has 2 aromatic rings. The van der Waals surface area contributed by atoms with Crippen LogP contribution in [0.4, 0.5) is 0 Å². The molecule has 5 heteroatoms. The Balaban J connectivity index is 1.84. The van der Waals surface area contributed by atoms with Gasteiger partial charge in [-0.3, -0.25) is 4.79 Å². The molecule has 1 saturated carbocycles. The van der Waals surface area contributed by atoms with Crippen molar-refractivity contribution in [2.75, 3.05) is 7.11 Å². The van der Waals surface area contributed by atoms with Crippen LogP contribution >= 0.6 is 0 Å². The average molecular weight is 286 g/mol. The van der Waals surface area contributed by atoms with Crippen molar-refractivity contribution in [2.45, 2.75) is 31.7 Å². The third-order valence-corrected chi connectivity index (χ3v) is 3.80. The van der Waals surface area contributed by atoms with E-state index in [4.69, 9.17) is 9.15 Å². The summed E-state index contributed by atoms with van der Waals surface area (Å²) < 4.78 is 10.6. The summed E-state index contributed by atoms with van der Waals surface area (Å²) in [5, 5.41) is 3.03. The fourth-order valence-electron chi connectivity index (χ4n) is 2.70. The number of aromatic nitrogens is 1. The summed E-state index contributed by atoms with van der Waals surface area (Å²) in [7, 11) is 1.60.